The second-order valence-electron chi connectivity index (χ2n) is 4.02. The average Bonchev–Trinajstić information content (AvgIpc) is 2.30. The highest BCUT2D eigenvalue weighted by molar-refractivity contribution is 9.10. The van der Waals surface area contributed by atoms with Gasteiger partial charge in [-0.25, -0.2) is 0 Å². The van der Waals surface area contributed by atoms with Crippen LogP contribution in [0.3, 0.4) is 0 Å². The Morgan fingerprint density at radius 3 is 2.71 bits per heavy atom. The zero-order valence-corrected chi connectivity index (χ0v) is 12.0. The van der Waals surface area contributed by atoms with E-state index in [4.69, 9.17) is 4.74 Å². The monoisotopic (exact) mass is 298 g/mol. The van der Waals surface area contributed by atoms with Crippen molar-refractivity contribution in [2.45, 2.75) is 39.2 Å². The van der Waals surface area contributed by atoms with Gasteiger partial charge >= 0.3 is 0 Å². The van der Waals surface area contributed by atoms with Crippen LogP contribution in [0.15, 0.2) is 28.7 Å². The zero-order chi connectivity index (χ0) is 12.7. The van der Waals surface area contributed by atoms with Gasteiger partial charge in [-0.05, 0) is 30.5 Å². The van der Waals surface area contributed by atoms with Crippen LogP contribution in [0, 0.1) is 0 Å². The molecule has 17 heavy (non-hydrogen) atoms. The molecule has 0 heterocycles. The first-order valence-electron chi connectivity index (χ1n) is 6.08. The van der Waals surface area contributed by atoms with Gasteiger partial charge in [0.2, 0.25) is 0 Å². The number of hydrogen-bond acceptors (Lipinski definition) is 2. The number of ketones is 1. The normalized spacial score (nSPS) is 12.4. The molecule has 94 valence electrons. The molecule has 0 spiro atoms. The zero-order valence-electron chi connectivity index (χ0n) is 10.4. The molecule has 0 saturated carbocycles. The van der Waals surface area contributed by atoms with Gasteiger partial charge < -0.3 is 4.74 Å². The number of ether oxygens (including phenoxy) is 1. The first kappa shape index (κ1) is 14.4. The van der Waals surface area contributed by atoms with Crippen molar-refractivity contribution in [2.24, 2.45) is 0 Å². The smallest absolute Gasteiger partial charge is 0.166 e. The minimum Gasteiger partial charge on any atom is -0.366 e. The van der Waals surface area contributed by atoms with Gasteiger partial charge in [0.15, 0.2) is 5.78 Å². The number of benzene rings is 1. The van der Waals surface area contributed by atoms with Crippen LogP contribution in [-0.2, 0) is 9.53 Å². The lowest BCUT2D eigenvalue weighted by atomic mass is 10.0. The molecular formula is C14H19BrO2. The molecule has 0 radical (unpaired) electrons. The van der Waals surface area contributed by atoms with Crippen LogP contribution in [-0.4, -0.2) is 12.4 Å². The Balaban J connectivity index is 2.85. The largest absolute Gasteiger partial charge is 0.366 e. The van der Waals surface area contributed by atoms with Crippen LogP contribution in [0.2, 0.25) is 0 Å². The molecule has 1 rings (SSSR count). The SMILES string of the molecule is CCCOC(C(=O)CCC)c1cccc(Br)c1. The summed E-state index contributed by atoms with van der Waals surface area (Å²) in [5.41, 5.74) is 0.936. The van der Waals surface area contributed by atoms with Crippen molar-refractivity contribution >= 4 is 21.7 Å². The van der Waals surface area contributed by atoms with Crippen LogP contribution in [0.25, 0.3) is 0 Å². The summed E-state index contributed by atoms with van der Waals surface area (Å²) in [4.78, 5) is 12.0. The van der Waals surface area contributed by atoms with Crippen molar-refractivity contribution in [3.8, 4) is 0 Å². The van der Waals surface area contributed by atoms with Crippen LogP contribution in [0.1, 0.15) is 44.8 Å². The summed E-state index contributed by atoms with van der Waals surface area (Å²) in [5, 5.41) is 0. The molecule has 2 nitrogen and oxygen atoms in total. The lowest BCUT2D eigenvalue weighted by molar-refractivity contribution is -0.131. The fourth-order valence-corrected chi connectivity index (χ4v) is 2.07. The van der Waals surface area contributed by atoms with E-state index in [-0.39, 0.29) is 5.78 Å². The predicted molar refractivity (Wildman–Crippen MR) is 73.0 cm³/mol. The van der Waals surface area contributed by atoms with E-state index in [1.807, 2.05) is 38.1 Å². The fraction of sp³-hybridized carbons (Fsp3) is 0.500. The number of halogens is 1. The van der Waals surface area contributed by atoms with E-state index in [1.165, 1.54) is 0 Å². The van der Waals surface area contributed by atoms with Gasteiger partial charge in [0.25, 0.3) is 0 Å². The van der Waals surface area contributed by atoms with Gasteiger partial charge in [0.1, 0.15) is 6.10 Å². The average molecular weight is 299 g/mol. The molecule has 3 heteroatoms. The number of Topliss-reactive ketones (excluding diaryl/α,β-unsaturated/α-hetero) is 1. The third-order valence-corrected chi connectivity index (χ3v) is 2.92. The van der Waals surface area contributed by atoms with Crippen molar-refractivity contribution in [2.75, 3.05) is 6.61 Å². The number of rotatable bonds is 7. The molecule has 0 fully saturated rings. The second kappa shape index (κ2) is 7.62. The third kappa shape index (κ3) is 4.60. The van der Waals surface area contributed by atoms with Gasteiger partial charge in [0.05, 0.1) is 0 Å². The summed E-state index contributed by atoms with van der Waals surface area (Å²) < 4.78 is 6.65. The summed E-state index contributed by atoms with van der Waals surface area (Å²) >= 11 is 3.42. The van der Waals surface area contributed by atoms with Crippen molar-refractivity contribution in [1.29, 1.82) is 0 Å². The molecule has 0 aliphatic carbocycles. The topological polar surface area (TPSA) is 26.3 Å². The molecule has 1 unspecified atom stereocenters. The lowest BCUT2D eigenvalue weighted by Gasteiger charge is -2.17. The van der Waals surface area contributed by atoms with Gasteiger partial charge in [0, 0.05) is 17.5 Å². The first-order valence-corrected chi connectivity index (χ1v) is 6.88. The van der Waals surface area contributed by atoms with Crippen LogP contribution >= 0.6 is 15.9 Å². The van der Waals surface area contributed by atoms with Gasteiger partial charge in [-0.2, -0.15) is 0 Å². The van der Waals surface area contributed by atoms with E-state index >= 15 is 0 Å². The van der Waals surface area contributed by atoms with Crippen molar-refractivity contribution in [1.82, 2.24) is 0 Å². The van der Waals surface area contributed by atoms with E-state index in [2.05, 4.69) is 15.9 Å². The minimum absolute atomic E-state index is 0.166. The molecule has 0 aromatic heterocycles. The molecule has 0 N–H and O–H groups in total. The van der Waals surface area contributed by atoms with E-state index in [1.54, 1.807) is 0 Å². The number of carbonyl (C=O) groups is 1. The Hall–Kier alpha value is -0.670. The summed E-state index contributed by atoms with van der Waals surface area (Å²) in [6, 6.07) is 7.78. The Morgan fingerprint density at radius 2 is 2.12 bits per heavy atom. The molecule has 0 amide bonds. The Kier molecular flexibility index (Phi) is 6.45. The lowest BCUT2D eigenvalue weighted by Crippen LogP contribution is -2.16. The third-order valence-electron chi connectivity index (χ3n) is 2.43. The number of hydrogen-bond donors (Lipinski definition) is 0. The number of carbonyl (C=O) groups excluding carboxylic acids is 1. The maximum atomic E-state index is 12.0. The summed E-state index contributed by atoms with van der Waals surface area (Å²) in [6.07, 6.45) is 1.94. The highest BCUT2D eigenvalue weighted by Gasteiger charge is 2.20. The molecule has 1 aromatic carbocycles. The Labute approximate surface area is 111 Å². The van der Waals surface area contributed by atoms with Crippen molar-refractivity contribution < 1.29 is 9.53 Å². The fourth-order valence-electron chi connectivity index (χ4n) is 1.66. The Bertz CT molecular complexity index is 363. The predicted octanol–water partition coefficient (Wildman–Crippen LogP) is 4.29. The van der Waals surface area contributed by atoms with Crippen molar-refractivity contribution in [3.05, 3.63) is 34.3 Å². The van der Waals surface area contributed by atoms with Gasteiger partial charge in [-0.15, -0.1) is 0 Å². The van der Waals surface area contributed by atoms with Gasteiger partial charge in [-0.3, -0.25) is 4.79 Å². The summed E-state index contributed by atoms with van der Waals surface area (Å²) in [5.74, 6) is 0.166. The summed E-state index contributed by atoms with van der Waals surface area (Å²) in [6.45, 7) is 4.67. The highest BCUT2D eigenvalue weighted by Crippen LogP contribution is 2.23. The van der Waals surface area contributed by atoms with E-state index in [0.29, 0.717) is 13.0 Å². The Morgan fingerprint density at radius 1 is 1.35 bits per heavy atom. The van der Waals surface area contributed by atoms with Crippen LogP contribution in [0.4, 0.5) is 0 Å². The van der Waals surface area contributed by atoms with Gasteiger partial charge in [-0.1, -0.05) is 41.9 Å². The van der Waals surface area contributed by atoms with E-state index in [9.17, 15) is 4.79 Å². The minimum atomic E-state index is -0.410. The van der Waals surface area contributed by atoms with Crippen LogP contribution < -0.4 is 0 Å². The molecule has 1 atom stereocenters. The van der Waals surface area contributed by atoms with E-state index in [0.717, 1.165) is 22.9 Å². The van der Waals surface area contributed by atoms with Crippen LogP contribution in [0.5, 0.6) is 0 Å². The maximum Gasteiger partial charge on any atom is 0.166 e. The first-order chi connectivity index (χ1) is 8.19. The second-order valence-corrected chi connectivity index (χ2v) is 4.94. The molecular weight excluding hydrogens is 280 g/mol. The van der Waals surface area contributed by atoms with E-state index < -0.39 is 6.10 Å². The molecule has 0 aliphatic heterocycles. The standard InChI is InChI=1S/C14H19BrO2/c1-3-6-13(16)14(17-9-4-2)11-7-5-8-12(15)10-11/h5,7-8,10,14H,3-4,6,9H2,1-2H3. The van der Waals surface area contributed by atoms with Crippen molar-refractivity contribution in [3.63, 3.8) is 0 Å². The molecule has 1 aromatic rings. The maximum absolute atomic E-state index is 12.0. The molecule has 0 saturated heterocycles. The summed E-state index contributed by atoms with van der Waals surface area (Å²) in [7, 11) is 0. The molecule has 0 bridgehead atoms. The highest BCUT2D eigenvalue weighted by atomic mass is 79.9. The molecule has 0 aliphatic rings. The quantitative estimate of drug-likeness (QED) is 0.751.